The molecule has 0 spiro atoms. The van der Waals surface area contributed by atoms with E-state index < -0.39 is 10.4 Å². The molecule has 0 aromatic heterocycles. The van der Waals surface area contributed by atoms with Gasteiger partial charge < -0.3 is 15.8 Å². The molecule has 108 valence electrons. The van der Waals surface area contributed by atoms with Gasteiger partial charge in [0.05, 0.1) is 19.8 Å². The lowest BCUT2D eigenvalue weighted by atomic mass is 10.2. The Hall–Kier alpha value is -1.35. The van der Waals surface area contributed by atoms with Gasteiger partial charge in [-0.1, -0.05) is 0 Å². The SMILES string of the molecule is Cc1cc(NCCOCCOS(=O)(=O)O)ccc1N. The lowest BCUT2D eigenvalue weighted by molar-refractivity contribution is 0.104. The Morgan fingerprint density at radius 3 is 2.68 bits per heavy atom. The fourth-order valence-corrected chi connectivity index (χ4v) is 1.63. The molecule has 0 atom stereocenters. The highest BCUT2D eigenvalue weighted by Gasteiger charge is 2.02. The van der Waals surface area contributed by atoms with E-state index in [2.05, 4.69) is 9.50 Å². The number of nitrogen functional groups attached to an aromatic ring is 1. The molecule has 0 bridgehead atoms. The van der Waals surface area contributed by atoms with Crippen LogP contribution in [0, 0.1) is 6.92 Å². The van der Waals surface area contributed by atoms with Gasteiger partial charge in [0.25, 0.3) is 0 Å². The van der Waals surface area contributed by atoms with Crippen LogP contribution in [0.15, 0.2) is 18.2 Å². The average molecular weight is 290 g/mol. The molecular weight excluding hydrogens is 272 g/mol. The molecule has 7 nitrogen and oxygen atoms in total. The molecule has 0 radical (unpaired) electrons. The second kappa shape index (κ2) is 7.29. The molecule has 0 heterocycles. The number of nitrogens with two attached hydrogens (primary N) is 1. The van der Waals surface area contributed by atoms with Gasteiger partial charge in [0, 0.05) is 17.9 Å². The van der Waals surface area contributed by atoms with Crippen LogP contribution in [0.4, 0.5) is 11.4 Å². The van der Waals surface area contributed by atoms with E-state index in [0.717, 1.165) is 16.9 Å². The summed E-state index contributed by atoms with van der Waals surface area (Å²) in [5.41, 5.74) is 8.37. The van der Waals surface area contributed by atoms with Crippen molar-refractivity contribution in [2.75, 3.05) is 37.4 Å². The summed E-state index contributed by atoms with van der Waals surface area (Å²) < 4.78 is 37.9. The first-order chi connectivity index (χ1) is 8.88. The van der Waals surface area contributed by atoms with E-state index in [-0.39, 0.29) is 13.2 Å². The standard InChI is InChI=1S/C11H18N2O5S/c1-9-8-10(2-3-11(9)12)13-4-5-17-6-7-18-19(14,15)16/h2-3,8,13H,4-7,12H2,1H3,(H,14,15,16). The van der Waals surface area contributed by atoms with Gasteiger partial charge in [0.1, 0.15) is 0 Å². The van der Waals surface area contributed by atoms with Crippen molar-refractivity contribution in [1.82, 2.24) is 0 Å². The van der Waals surface area contributed by atoms with Crippen LogP contribution in [0.2, 0.25) is 0 Å². The fraction of sp³-hybridized carbons (Fsp3) is 0.455. The van der Waals surface area contributed by atoms with Gasteiger partial charge in [-0.3, -0.25) is 4.55 Å². The minimum atomic E-state index is -4.38. The largest absolute Gasteiger partial charge is 0.399 e. The van der Waals surface area contributed by atoms with Crippen LogP contribution < -0.4 is 11.1 Å². The van der Waals surface area contributed by atoms with Gasteiger partial charge in [0.15, 0.2) is 0 Å². The summed E-state index contributed by atoms with van der Waals surface area (Å²) in [4.78, 5) is 0. The van der Waals surface area contributed by atoms with Crippen molar-refractivity contribution in [2.45, 2.75) is 6.92 Å². The highest BCUT2D eigenvalue weighted by atomic mass is 32.3. The van der Waals surface area contributed by atoms with Gasteiger partial charge in [-0.05, 0) is 30.7 Å². The number of anilines is 2. The molecule has 0 aliphatic carbocycles. The first-order valence-electron chi connectivity index (χ1n) is 5.68. The Morgan fingerprint density at radius 2 is 2.05 bits per heavy atom. The Labute approximate surface area is 112 Å². The van der Waals surface area contributed by atoms with E-state index in [4.69, 9.17) is 15.0 Å². The number of benzene rings is 1. The third-order valence-electron chi connectivity index (χ3n) is 2.31. The quantitative estimate of drug-likeness (QED) is 0.369. The molecule has 0 aliphatic rings. The normalized spacial score (nSPS) is 11.5. The highest BCUT2D eigenvalue weighted by Crippen LogP contribution is 2.15. The molecular formula is C11H18N2O5S. The third-order valence-corrected chi connectivity index (χ3v) is 2.77. The van der Waals surface area contributed by atoms with Crippen LogP contribution in [0.25, 0.3) is 0 Å². The van der Waals surface area contributed by atoms with Crippen LogP contribution in [0.1, 0.15) is 5.56 Å². The predicted octanol–water partition coefficient (Wildman–Crippen LogP) is 0.825. The van der Waals surface area contributed by atoms with Crippen molar-refractivity contribution in [1.29, 1.82) is 0 Å². The van der Waals surface area contributed by atoms with E-state index in [1.54, 1.807) is 0 Å². The number of hydrogen-bond donors (Lipinski definition) is 3. The van der Waals surface area contributed by atoms with Gasteiger partial charge in [-0.25, -0.2) is 4.18 Å². The van der Waals surface area contributed by atoms with E-state index in [1.807, 2.05) is 25.1 Å². The van der Waals surface area contributed by atoms with E-state index in [0.29, 0.717) is 13.2 Å². The van der Waals surface area contributed by atoms with Crippen LogP contribution in [0.5, 0.6) is 0 Å². The molecule has 0 saturated carbocycles. The molecule has 0 amide bonds. The van der Waals surface area contributed by atoms with Crippen LogP contribution in [-0.4, -0.2) is 39.3 Å². The predicted molar refractivity (Wildman–Crippen MR) is 72.4 cm³/mol. The third kappa shape index (κ3) is 6.97. The number of nitrogens with one attached hydrogen (secondary N) is 1. The maximum Gasteiger partial charge on any atom is 0.397 e. The molecule has 1 aromatic rings. The van der Waals surface area contributed by atoms with Gasteiger partial charge in [-0.2, -0.15) is 8.42 Å². The van der Waals surface area contributed by atoms with Crippen molar-refractivity contribution in [3.63, 3.8) is 0 Å². The zero-order chi connectivity index (χ0) is 14.3. The monoisotopic (exact) mass is 290 g/mol. The minimum Gasteiger partial charge on any atom is -0.399 e. The topological polar surface area (TPSA) is 111 Å². The lowest BCUT2D eigenvalue weighted by Crippen LogP contribution is -2.14. The van der Waals surface area contributed by atoms with Gasteiger partial charge in [0.2, 0.25) is 0 Å². The average Bonchev–Trinajstić information content (AvgIpc) is 2.31. The van der Waals surface area contributed by atoms with Crippen LogP contribution >= 0.6 is 0 Å². The number of rotatable bonds is 8. The zero-order valence-corrected chi connectivity index (χ0v) is 11.4. The zero-order valence-electron chi connectivity index (χ0n) is 10.6. The molecule has 19 heavy (non-hydrogen) atoms. The Morgan fingerprint density at radius 1 is 1.32 bits per heavy atom. The molecule has 0 fully saturated rings. The summed E-state index contributed by atoms with van der Waals surface area (Å²) in [5.74, 6) is 0. The molecule has 1 rings (SSSR count). The fourth-order valence-electron chi connectivity index (χ4n) is 1.35. The second-order valence-electron chi connectivity index (χ2n) is 3.86. The van der Waals surface area contributed by atoms with E-state index in [9.17, 15) is 8.42 Å². The number of aryl methyl sites for hydroxylation is 1. The number of hydrogen-bond acceptors (Lipinski definition) is 6. The summed E-state index contributed by atoms with van der Waals surface area (Å²) in [7, 11) is -4.38. The van der Waals surface area contributed by atoms with Crippen molar-refractivity contribution in [3.05, 3.63) is 23.8 Å². The second-order valence-corrected chi connectivity index (χ2v) is 4.95. The van der Waals surface area contributed by atoms with Crippen LogP contribution in [-0.2, 0) is 19.3 Å². The minimum absolute atomic E-state index is 0.0856. The van der Waals surface area contributed by atoms with Gasteiger partial charge >= 0.3 is 10.4 Å². The first-order valence-corrected chi connectivity index (χ1v) is 7.04. The smallest absolute Gasteiger partial charge is 0.397 e. The maximum absolute atomic E-state index is 10.2. The summed E-state index contributed by atoms with van der Waals surface area (Å²) >= 11 is 0. The highest BCUT2D eigenvalue weighted by molar-refractivity contribution is 7.80. The Bertz CT molecular complexity index is 504. The van der Waals surface area contributed by atoms with Gasteiger partial charge in [-0.15, -0.1) is 0 Å². The summed E-state index contributed by atoms with van der Waals surface area (Å²) in [6.45, 7) is 2.75. The Kier molecular flexibility index (Phi) is 6.03. The maximum atomic E-state index is 10.2. The van der Waals surface area contributed by atoms with Crippen molar-refractivity contribution < 1.29 is 21.9 Å². The van der Waals surface area contributed by atoms with E-state index >= 15 is 0 Å². The van der Waals surface area contributed by atoms with Crippen molar-refractivity contribution in [3.8, 4) is 0 Å². The summed E-state index contributed by atoms with van der Waals surface area (Å²) in [5, 5.41) is 3.13. The molecule has 0 unspecified atom stereocenters. The Balaban J connectivity index is 2.12. The van der Waals surface area contributed by atoms with Crippen LogP contribution in [0.3, 0.4) is 0 Å². The lowest BCUT2D eigenvalue weighted by Gasteiger charge is -2.09. The van der Waals surface area contributed by atoms with E-state index in [1.165, 1.54) is 0 Å². The number of ether oxygens (including phenoxy) is 1. The molecule has 0 aliphatic heterocycles. The molecule has 8 heteroatoms. The van der Waals surface area contributed by atoms with Crippen molar-refractivity contribution in [2.24, 2.45) is 0 Å². The summed E-state index contributed by atoms with van der Waals surface area (Å²) in [6.07, 6.45) is 0. The molecule has 1 aromatic carbocycles. The first kappa shape index (κ1) is 15.7. The summed E-state index contributed by atoms with van der Waals surface area (Å²) in [6, 6.07) is 5.61. The molecule has 0 saturated heterocycles. The van der Waals surface area contributed by atoms with Crippen molar-refractivity contribution >= 4 is 21.8 Å². The molecule has 4 N–H and O–H groups in total.